The van der Waals surface area contributed by atoms with Crippen LogP contribution in [0.4, 0.5) is 8.78 Å². The molecule has 1 heterocycles. The summed E-state index contributed by atoms with van der Waals surface area (Å²) in [5.41, 5.74) is 0.557. The van der Waals surface area contributed by atoms with Crippen LogP contribution in [0.2, 0.25) is 0 Å². The van der Waals surface area contributed by atoms with Crippen molar-refractivity contribution in [3.05, 3.63) is 47.8 Å². The van der Waals surface area contributed by atoms with Crippen molar-refractivity contribution in [2.45, 2.75) is 20.0 Å². The average Bonchev–Trinajstić information content (AvgIpc) is 2.92. The molecule has 20 heavy (non-hydrogen) atoms. The highest BCUT2D eigenvalue weighted by molar-refractivity contribution is 5.31. The largest absolute Gasteiger partial charge is 0.486 e. The molecule has 0 unspecified atom stereocenters. The van der Waals surface area contributed by atoms with E-state index in [2.05, 4.69) is 10.4 Å². The van der Waals surface area contributed by atoms with Crippen molar-refractivity contribution < 1.29 is 13.5 Å². The van der Waals surface area contributed by atoms with E-state index in [4.69, 9.17) is 4.74 Å². The Balaban J connectivity index is 1.97. The molecule has 0 radical (unpaired) electrons. The molecular weight excluding hydrogens is 264 g/mol. The van der Waals surface area contributed by atoms with Crippen LogP contribution < -0.4 is 10.1 Å². The molecular formula is C14H17F2N3O. The highest BCUT2D eigenvalue weighted by Crippen LogP contribution is 2.23. The summed E-state index contributed by atoms with van der Waals surface area (Å²) in [4.78, 5) is 0. The number of benzene rings is 1. The first-order valence-corrected chi connectivity index (χ1v) is 6.49. The number of ether oxygens (including phenoxy) is 1. The van der Waals surface area contributed by atoms with E-state index in [0.717, 1.165) is 6.54 Å². The van der Waals surface area contributed by atoms with Crippen LogP contribution in [0.15, 0.2) is 30.6 Å². The molecule has 2 aromatic rings. The zero-order valence-electron chi connectivity index (χ0n) is 11.3. The van der Waals surface area contributed by atoms with Gasteiger partial charge in [-0.05, 0) is 30.3 Å². The predicted octanol–water partition coefficient (Wildman–Crippen LogP) is 2.35. The Morgan fingerprint density at radius 2 is 2.05 bits per heavy atom. The van der Waals surface area contributed by atoms with E-state index in [1.807, 2.05) is 6.92 Å². The molecule has 0 atom stereocenters. The summed E-state index contributed by atoms with van der Waals surface area (Å²) in [7, 11) is 0. The second-order valence-corrected chi connectivity index (χ2v) is 4.29. The van der Waals surface area contributed by atoms with Crippen molar-refractivity contribution in [2.24, 2.45) is 0 Å². The summed E-state index contributed by atoms with van der Waals surface area (Å²) in [5.74, 6) is -1.70. The normalized spacial score (nSPS) is 10.8. The van der Waals surface area contributed by atoms with Gasteiger partial charge in [-0.15, -0.1) is 0 Å². The monoisotopic (exact) mass is 281 g/mol. The van der Waals surface area contributed by atoms with E-state index in [1.54, 1.807) is 23.1 Å². The fourth-order valence-corrected chi connectivity index (χ4v) is 1.80. The molecule has 108 valence electrons. The molecule has 0 bridgehead atoms. The van der Waals surface area contributed by atoms with Gasteiger partial charge in [0, 0.05) is 18.9 Å². The molecule has 0 aliphatic heterocycles. The lowest BCUT2D eigenvalue weighted by molar-refractivity contribution is 0.264. The lowest BCUT2D eigenvalue weighted by Crippen LogP contribution is -2.13. The van der Waals surface area contributed by atoms with Gasteiger partial charge < -0.3 is 10.1 Å². The van der Waals surface area contributed by atoms with Gasteiger partial charge in [0.2, 0.25) is 0 Å². The molecule has 4 nitrogen and oxygen atoms in total. The summed E-state index contributed by atoms with van der Waals surface area (Å²) in [5, 5.41) is 7.00. The molecule has 0 aliphatic rings. The second kappa shape index (κ2) is 7.00. The quantitative estimate of drug-likeness (QED) is 0.846. The van der Waals surface area contributed by atoms with Gasteiger partial charge in [-0.3, -0.25) is 4.68 Å². The van der Waals surface area contributed by atoms with Crippen molar-refractivity contribution in [2.75, 3.05) is 13.2 Å². The summed E-state index contributed by atoms with van der Waals surface area (Å²) in [6.45, 7) is 3.69. The van der Waals surface area contributed by atoms with Gasteiger partial charge in [0.05, 0.1) is 6.54 Å². The lowest BCUT2D eigenvalue weighted by Gasteiger charge is -2.10. The third-order valence-corrected chi connectivity index (χ3v) is 2.76. The first-order valence-electron chi connectivity index (χ1n) is 6.49. The Hall–Kier alpha value is -1.95. The van der Waals surface area contributed by atoms with Crippen LogP contribution in [0.25, 0.3) is 0 Å². The minimum absolute atomic E-state index is 0.155. The standard InChI is InChI=1S/C14H17F2N3O/c1-2-17-10-11-8-12(15)14(13(16)9-11)20-7-6-19-5-3-4-18-19/h3-5,8-9,17H,2,6-7,10H2,1H3. The van der Waals surface area contributed by atoms with Gasteiger partial charge in [-0.2, -0.15) is 5.10 Å². The molecule has 0 saturated heterocycles. The van der Waals surface area contributed by atoms with Crippen molar-refractivity contribution in [1.82, 2.24) is 15.1 Å². The molecule has 6 heteroatoms. The molecule has 0 aliphatic carbocycles. The Labute approximate surface area is 116 Å². The van der Waals surface area contributed by atoms with Crippen molar-refractivity contribution in [3.8, 4) is 5.75 Å². The maximum atomic E-state index is 13.8. The summed E-state index contributed by atoms with van der Waals surface area (Å²) >= 11 is 0. The first kappa shape index (κ1) is 14.5. The smallest absolute Gasteiger partial charge is 0.190 e. The van der Waals surface area contributed by atoms with Crippen LogP contribution in [-0.2, 0) is 13.1 Å². The van der Waals surface area contributed by atoms with Crippen LogP contribution in [-0.4, -0.2) is 22.9 Å². The van der Waals surface area contributed by atoms with E-state index in [0.29, 0.717) is 18.7 Å². The van der Waals surface area contributed by atoms with Crippen LogP contribution >= 0.6 is 0 Å². The van der Waals surface area contributed by atoms with Gasteiger partial charge in [0.25, 0.3) is 0 Å². The molecule has 0 saturated carbocycles. The molecule has 0 fully saturated rings. The minimum Gasteiger partial charge on any atom is -0.486 e. The highest BCUT2D eigenvalue weighted by atomic mass is 19.1. The SMILES string of the molecule is CCNCc1cc(F)c(OCCn2cccn2)c(F)c1. The molecule has 2 rings (SSSR count). The summed E-state index contributed by atoms with van der Waals surface area (Å²) in [6.07, 6.45) is 3.40. The fourth-order valence-electron chi connectivity index (χ4n) is 1.80. The molecule has 1 aromatic carbocycles. The number of nitrogens with one attached hydrogen (secondary N) is 1. The fraction of sp³-hybridized carbons (Fsp3) is 0.357. The van der Waals surface area contributed by atoms with E-state index in [9.17, 15) is 8.78 Å². The highest BCUT2D eigenvalue weighted by Gasteiger charge is 2.12. The Morgan fingerprint density at radius 3 is 2.65 bits per heavy atom. The Bertz CT molecular complexity index is 520. The lowest BCUT2D eigenvalue weighted by atomic mass is 10.2. The van der Waals surface area contributed by atoms with Crippen molar-refractivity contribution in [1.29, 1.82) is 0 Å². The number of hydrogen-bond donors (Lipinski definition) is 1. The number of nitrogens with zero attached hydrogens (tertiary/aromatic N) is 2. The summed E-state index contributed by atoms with van der Waals surface area (Å²) < 4.78 is 34.4. The zero-order chi connectivity index (χ0) is 14.4. The molecule has 0 amide bonds. The van der Waals surface area contributed by atoms with Crippen LogP contribution in [0.5, 0.6) is 5.75 Å². The molecule has 1 N–H and O–H groups in total. The average molecular weight is 281 g/mol. The van der Waals surface area contributed by atoms with E-state index in [1.165, 1.54) is 12.1 Å². The third-order valence-electron chi connectivity index (χ3n) is 2.76. The van der Waals surface area contributed by atoms with Gasteiger partial charge >= 0.3 is 0 Å². The third kappa shape index (κ3) is 3.77. The number of hydrogen-bond acceptors (Lipinski definition) is 3. The van der Waals surface area contributed by atoms with E-state index < -0.39 is 11.6 Å². The Kier molecular flexibility index (Phi) is 5.06. The Morgan fingerprint density at radius 1 is 1.30 bits per heavy atom. The van der Waals surface area contributed by atoms with Gasteiger partial charge in [-0.25, -0.2) is 8.78 Å². The van der Waals surface area contributed by atoms with Gasteiger partial charge in [0.1, 0.15) is 6.61 Å². The number of halogens is 2. The predicted molar refractivity (Wildman–Crippen MR) is 71.5 cm³/mol. The molecule has 1 aromatic heterocycles. The molecule has 0 spiro atoms. The van der Waals surface area contributed by atoms with E-state index in [-0.39, 0.29) is 12.4 Å². The zero-order valence-corrected chi connectivity index (χ0v) is 11.3. The maximum Gasteiger partial charge on any atom is 0.190 e. The van der Waals surface area contributed by atoms with Crippen LogP contribution in [0, 0.1) is 11.6 Å². The topological polar surface area (TPSA) is 39.1 Å². The van der Waals surface area contributed by atoms with Gasteiger partial charge in [0.15, 0.2) is 17.4 Å². The minimum atomic E-state index is -0.682. The van der Waals surface area contributed by atoms with Crippen molar-refractivity contribution in [3.63, 3.8) is 0 Å². The van der Waals surface area contributed by atoms with Crippen LogP contribution in [0.1, 0.15) is 12.5 Å². The second-order valence-electron chi connectivity index (χ2n) is 4.29. The maximum absolute atomic E-state index is 13.8. The summed E-state index contributed by atoms with van der Waals surface area (Å²) in [6, 6.07) is 4.35. The number of aromatic nitrogens is 2. The van der Waals surface area contributed by atoms with E-state index >= 15 is 0 Å². The first-order chi connectivity index (χ1) is 9.70. The van der Waals surface area contributed by atoms with Crippen LogP contribution in [0.3, 0.4) is 0 Å². The van der Waals surface area contributed by atoms with Gasteiger partial charge in [-0.1, -0.05) is 6.92 Å². The van der Waals surface area contributed by atoms with Crippen molar-refractivity contribution >= 4 is 0 Å². The number of rotatable bonds is 7.